The highest BCUT2D eigenvalue weighted by Crippen LogP contribution is 2.23. The number of aliphatic imine (C=N–C) groups is 3. The number of hydrogen-bond acceptors (Lipinski definition) is 3. The molecule has 0 aliphatic carbocycles. The zero-order valence-corrected chi connectivity index (χ0v) is 15.2. The molecule has 24 heavy (non-hydrogen) atoms. The smallest absolute Gasteiger partial charge is 0.0743 e. The molecule has 0 N–H and O–H groups in total. The summed E-state index contributed by atoms with van der Waals surface area (Å²) in [5, 5.41) is 0. The summed E-state index contributed by atoms with van der Waals surface area (Å²) in [4.78, 5) is 13.6. The average Bonchev–Trinajstić information content (AvgIpc) is 2.53. The number of benzene rings is 2. The first-order valence-corrected chi connectivity index (χ1v) is 8.19. The van der Waals surface area contributed by atoms with Crippen LogP contribution in [0.5, 0.6) is 0 Å². The van der Waals surface area contributed by atoms with E-state index in [0.29, 0.717) is 6.54 Å². The van der Waals surface area contributed by atoms with Gasteiger partial charge in [0.25, 0.3) is 0 Å². The molecule has 2 rings (SSSR count). The molecule has 0 atom stereocenters. The maximum absolute atomic E-state index is 4.66. The SMILES string of the molecule is CC(C=NCC=Nc1c(C)cccc1C)=Nc1c(C)cccc1C. The van der Waals surface area contributed by atoms with Gasteiger partial charge in [-0.05, 0) is 56.9 Å². The van der Waals surface area contributed by atoms with Gasteiger partial charge < -0.3 is 0 Å². The predicted octanol–water partition coefficient (Wildman–Crippen LogP) is 5.49. The van der Waals surface area contributed by atoms with Crippen LogP contribution in [-0.2, 0) is 0 Å². The van der Waals surface area contributed by atoms with Crippen molar-refractivity contribution in [1.29, 1.82) is 0 Å². The minimum absolute atomic E-state index is 0.549. The first kappa shape index (κ1) is 17.8. The van der Waals surface area contributed by atoms with E-state index in [9.17, 15) is 0 Å². The monoisotopic (exact) mass is 319 g/mol. The maximum Gasteiger partial charge on any atom is 0.0743 e. The minimum atomic E-state index is 0.549. The third-order valence-electron chi connectivity index (χ3n) is 3.85. The lowest BCUT2D eigenvalue weighted by Crippen LogP contribution is -1.95. The Kier molecular flexibility index (Phi) is 6.19. The molecule has 3 heteroatoms. The Morgan fingerprint density at radius 1 is 0.833 bits per heavy atom. The maximum atomic E-state index is 4.66. The van der Waals surface area contributed by atoms with Crippen LogP contribution in [0.25, 0.3) is 0 Å². The highest BCUT2D eigenvalue weighted by molar-refractivity contribution is 6.30. The molecule has 0 radical (unpaired) electrons. The lowest BCUT2D eigenvalue weighted by molar-refractivity contribution is 1.29. The molecule has 0 heterocycles. The molecule has 0 bridgehead atoms. The molecule has 0 unspecified atom stereocenters. The average molecular weight is 319 g/mol. The van der Waals surface area contributed by atoms with Crippen LogP contribution in [0.3, 0.4) is 0 Å². The van der Waals surface area contributed by atoms with Gasteiger partial charge in [-0.25, -0.2) is 0 Å². The number of hydrogen-bond donors (Lipinski definition) is 0. The van der Waals surface area contributed by atoms with Crippen molar-refractivity contribution in [2.24, 2.45) is 15.0 Å². The lowest BCUT2D eigenvalue weighted by atomic mass is 10.1. The van der Waals surface area contributed by atoms with Crippen LogP contribution in [0, 0.1) is 27.7 Å². The van der Waals surface area contributed by atoms with Gasteiger partial charge in [-0.1, -0.05) is 36.4 Å². The molecule has 0 aliphatic heterocycles. The van der Waals surface area contributed by atoms with Gasteiger partial charge in [0, 0.05) is 12.4 Å². The van der Waals surface area contributed by atoms with Gasteiger partial charge in [-0.3, -0.25) is 15.0 Å². The number of aryl methyl sites for hydroxylation is 4. The lowest BCUT2D eigenvalue weighted by Gasteiger charge is -2.04. The van der Waals surface area contributed by atoms with E-state index in [1.54, 1.807) is 0 Å². The van der Waals surface area contributed by atoms with Crippen molar-refractivity contribution in [3.05, 3.63) is 58.7 Å². The van der Waals surface area contributed by atoms with Crippen molar-refractivity contribution in [1.82, 2.24) is 0 Å². The van der Waals surface area contributed by atoms with Crippen molar-refractivity contribution in [2.45, 2.75) is 34.6 Å². The molecule has 0 spiro atoms. The van der Waals surface area contributed by atoms with Gasteiger partial charge in [0.1, 0.15) is 0 Å². The molecule has 0 aromatic heterocycles. The summed E-state index contributed by atoms with van der Waals surface area (Å²) in [6, 6.07) is 12.4. The molecule has 2 aromatic carbocycles. The fraction of sp³-hybridized carbons (Fsp3) is 0.286. The summed E-state index contributed by atoms with van der Waals surface area (Å²) >= 11 is 0. The standard InChI is InChI=1S/C21H25N3/c1-15-8-6-9-16(2)20(15)23-13-12-22-14-19(5)24-21-17(3)10-7-11-18(21)4/h6-11,13-14H,12H2,1-5H3. The van der Waals surface area contributed by atoms with Gasteiger partial charge in [0.05, 0.1) is 23.6 Å². The van der Waals surface area contributed by atoms with Gasteiger partial charge in [-0.2, -0.15) is 0 Å². The zero-order valence-electron chi connectivity index (χ0n) is 15.2. The molecular weight excluding hydrogens is 294 g/mol. The molecule has 0 saturated carbocycles. The van der Waals surface area contributed by atoms with Crippen LogP contribution >= 0.6 is 0 Å². The summed E-state index contributed by atoms with van der Waals surface area (Å²) in [6.07, 6.45) is 3.65. The first-order valence-electron chi connectivity index (χ1n) is 8.19. The third kappa shape index (κ3) is 4.72. The van der Waals surface area contributed by atoms with Crippen LogP contribution in [0.1, 0.15) is 29.2 Å². The van der Waals surface area contributed by atoms with Gasteiger partial charge in [-0.15, -0.1) is 0 Å². The Bertz CT molecular complexity index is 758. The molecule has 3 nitrogen and oxygen atoms in total. The van der Waals surface area contributed by atoms with E-state index in [-0.39, 0.29) is 0 Å². The fourth-order valence-corrected chi connectivity index (χ4v) is 2.56. The number of para-hydroxylation sites is 2. The number of nitrogens with zero attached hydrogens (tertiary/aromatic N) is 3. The molecule has 124 valence electrons. The minimum Gasteiger partial charge on any atom is -0.286 e. The van der Waals surface area contributed by atoms with E-state index in [0.717, 1.165) is 17.1 Å². The summed E-state index contributed by atoms with van der Waals surface area (Å²) in [5.41, 5.74) is 7.69. The van der Waals surface area contributed by atoms with Crippen molar-refractivity contribution in [2.75, 3.05) is 6.54 Å². The Labute approximate surface area is 144 Å². The highest BCUT2D eigenvalue weighted by atomic mass is 14.8. The van der Waals surface area contributed by atoms with Crippen LogP contribution in [0.2, 0.25) is 0 Å². The Balaban J connectivity index is 2.01. The van der Waals surface area contributed by atoms with Gasteiger partial charge in [0.2, 0.25) is 0 Å². The van der Waals surface area contributed by atoms with E-state index in [4.69, 9.17) is 0 Å². The summed E-state index contributed by atoms with van der Waals surface area (Å²) in [5.74, 6) is 0. The van der Waals surface area contributed by atoms with E-state index >= 15 is 0 Å². The van der Waals surface area contributed by atoms with E-state index < -0.39 is 0 Å². The van der Waals surface area contributed by atoms with Gasteiger partial charge >= 0.3 is 0 Å². The summed E-state index contributed by atoms with van der Waals surface area (Å²) < 4.78 is 0. The van der Waals surface area contributed by atoms with Crippen LogP contribution < -0.4 is 0 Å². The zero-order chi connectivity index (χ0) is 17.5. The van der Waals surface area contributed by atoms with E-state index in [1.165, 1.54) is 22.3 Å². The largest absolute Gasteiger partial charge is 0.286 e. The second-order valence-electron chi connectivity index (χ2n) is 6.04. The number of rotatable bonds is 5. The van der Waals surface area contributed by atoms with Gasteiger partial charge in [0.15, 0.2) is 0 Å². The summed E-state index contributed by atoms with van der Waals surface area (Å²) in [7, 11) is 0. The first-order chi connectivity index (χ1) is 11.5. The molecular formula is C21H25N3. The predicted molar refractivity (Wildman–Crippen MR) is 106 cm³/mol. The van der Waals surface area contributed by atoms with E-state index in [2.05, 4.69) is 79.1 Å². The Morgan fingerprint density at radius 3 is 1.88 bits per heavy atom. The third-order valence-corrected chi connectivity index (χ3v) is 3.85. The second kappa shape index (κ2) is 8.34. The highest BCUT2D eigenvalue weighted by Gasteiger charge is 2.00. The normalized spacial score (nSPS) is 12.5. The van der Waals surface area contributed by atoms with Crippen molar-refractivity contribution < 1.29 is 0 Å². The van der Waals surface area contributed by atoms with Crippen LogP contribution in [-0.4, -0.2) is 24.7 Å². The van der Waals surface area contributed by atoms with Crippen LogP contribution in [0.4, 0.5) is 11.4 Å². The topological polar surface area (TPSA) is 37.1 Å². The molecule has 2 aromatic rings. The van der Waals surface area contributed by atoms with E-state index in [1.807, 2.05) is 19.4 Å². The quantitative estimate of drug-likeness (QED) is 0.654. The Morgan fingerprint density at radius 2 is 1.33 bits per heavy atom. The second-order valence-corrected chi connectivity index (χ2v) is 6.04. The molecule has 0 aliphatic rings. The Hall–Kier alpha value is -2.55. The molecule has 0 amide bonds. The fourth-order valence-electron chi connectivity index (χ4n) is 2.56. The molecule has 0 saturated heterocycles. The van der Waals surface area contributed by atoms with Crippen molar-refractivity contribution >= 4 is 29.5 Å². The summed E-state index contributed by atoms with van der Waals surface area (Å²) in [6.45, 7) is 10.8. The van der Waals surface area contributed by atoms with Crippen molar-refractivity contribution in [3.8, 4) is 0 Å². The van der Waals surface area contributed by atoms with Crippen LogP contribution in [0.15, 0.2) is 51.4 Å². The molecule has 0 fully saturated rings. The van der Waals surface area contributed by atoms with Crippen molar-refractivity contribution in [3.63, 3.8) is 0 Å².